The molecule has 3 rings (SSSR count). The average molecular weight is 364 g/mol. The van der Waals surface area contributed by atoms with Crippen LogP contribution in [0.3, 0.4) is 0 Å². The normalized spacial score (nSPS) is 17.1. The monoisotopic (exact) mass is 364 g/mol. The summed E-state index contributed by atoms with van der Waals surface area (Å²) >= 11 is 0. The van der Waals surface area contributed by atoms with Crippen LogP contribution in [-0.4, -0.2) is 37.7 Å². The fraction of sp³-hybridized carbons (Fsp3) is 0.400. The molecule has 140 valence electrons. The number of halogens is 3. The molecule has 1 saturated heterocycles. The Balaban J connectivity index is 2.04. The van der Waals surface area contributed by atoms with E-state index in [0.29, 0.717) is 25.3 Å². The fourth-order valence-corrected chi connectivity index (χ4v) is 3.43. The van der Waals surface area contributed by atoms with Gasteiger partial charge in [-0.05, 0) is 36.2 Å². The highest BCUT2D eigenvalue weighted by molar-refractivity contribution is 5.41. The van der Waals surface area contributed by atoms with Crippen molar-refractivity contribution < 1.29 is 17.9 Å². The van der Waals surface area contributed by atoms with Gasteiger partial charge in [0.1, 0.15) is 5.75 Å². The van der Waals surface area contributed by atoms with Gasteiger partial charge in [0.2, 0.25) is 0 Å². The van der Waals surface area contributed by atoms with Crippen LogP contribution in [-0.2, 0) is 6.18 Å². The summed E-state index contributed by atoms with van der Waals surface area (Å²) in [6.45, 7) is 5.38. The Morgan fingerprint density at radius 1 is 1.04 bits per heavy atom. The highest BCUT2D eigenvalue weighted by Gasteiger charge is 2.37. The van der Waals surface area contributed by atoms with E-state index in [-0.39, 0.29) is 0 Å². The minimum atomic E-state index is -4.38. The van der Waals surface area contributed by atoms with Crippen molar-refractivity contribution in [2.75, 3.05) is 32.8 Å². The van der Waals surface area contributed by atoms with Gasteiger partial charge < -0.3 is 10.1 Å². The lowest BCUT2D eigenvalue weighted by Crippen LogP contribution is -2.45. The lowest BCUT2D eigenvalue weighted by atomic mass is 9.92. The predicted octanol–water partition coefficient (Wildman–Crippen LogP) is 4.10. The first-order chi connectivity index (χ1) is 12.5. The third-order valence-electron chi connectivity index (χ3n) is 4.58. The Hall–Kier alpha value is -2.05. The first-order valence-electron chi connectivity index (χ1n) is 8.84. The number of alkyl halides is 3. The number of benzene rings is 2. The summed E-state index contributed by atoms with van der Waals surface area (Å²) in [6, 6.07) is 12.8. The van der Waals surface area contributed by atoms with Gasteiger partial charge in [-0.3, -0.25) is 4.90 Å². The average Bonchev–Trinajstić information content (AvgIpc) is 2.64. The van der Waals surface area contributed by atoms with Gasteiger partial charge in [-0.25, -0.2) is 0 Å². The molecule has 1 N–H and O–H groups in total. The second-order valence-corrected chi connectivity index (χ2v) is 6.28. The number of nitrogens with zero attached hydrogens (tertiary/aromatic N) is 1. The van der Waals surface area contributed by atoms with E-state index in [1.165, 1.54) is 12.1 Å². The number of hydrogen-bond donors (Lipinski definition) is 1. The van der Waals surface area contributed by atoms with Crippen LogP contribution in [0.2, 0.25) is 0 Å². The lowest BCUT2D eigenvalue weighted by Gasteiger charge is -2.36. The molecule has 0 bridgehead atoms. The molecule has 0 saturated carbocycles. The van der Waals surface area contributed by atoms with E-state index in [4.69, 9.17) is 4.74 Å². The molecule has 26 heavy (non-hydrogen) atoms. The van der Waals surface area contributed by atoms with Crippen molar-refractivity contribution in [3.63, 3.8) is 0 Å². The Morgan fingerprint density at radius 3 is 2.31 bits per heavy atom. The van der Waals surface area contributed by atoms with Crippen molar-refractivity contribution in [1.29, 1.82) is 0 Å². The van der Waals surface area contributed by atoms with E-state index < -0.39 is 17.8 Å². The molecule has 2 aromatic carbocycles. The van der Waals surface area contributed by atoms with E-state index in [0.717, 1.165) is 24.4 Å². The SMILES string of the molecule is CCOc1ccc(C(c2ccccc2C(F)(F)F)N2CCNCC2)cc1. The maximum Gasteiger partial charge on any atom is 0.416 e. The maximum atomic E-state index is 13.6. The van der Waals surface area contributed by atoms with E-state index in [1.807, 2.05) is 31.2 Å². The van der Waals surface area contributed by atoms with Crippen molar-refractivity contribution in [2.45, 2.75) is 19.1 Å². The highest BCUT2D eigenvalue weighted by atomic mass is 19.4. The zero-order valence-electron chi connectivity index (χ0n) is 14.7. The summed E-state index contributed by atoms with van der Waals surface area (Å²) in [5, 5.41) is 3.26. The van der Waals surface area contributed by atoms with Gasteiger partial charge in [0.05, 0.1) is 18.2 Å². The Morgan fingerprint density at radius 2 is 1.69 bits per heavy atom. The molecule has 3 nitrogen and oxygen atoms in total. The van der Waals surface area contributed by atoms with Gasteiger partial charge in [-0.2, -0.15) is 13.2 Å². The zero-order valence-corrected chi connectivity index (χ0v) is 14.7. The minimum Gasteiger partial charge on any atom is -0.494 e. The van der Waals surface area contributed by atoms with Crippen LogP contribution in [0.25, 0.3) is 0 Å². The summed E-state index contributed by atoms with van der Waals surface area (Å²) in [5.74, 6) is 0.722. The topological polar surface area (TPSA) is 24.5 Å². The van der Waals surface area contributed by atoms with Gasteiger partial charge in [0.15, 0.2) is 0 Å². The first kappa shape index (κ1) is 18.7. The summed E-state index contributed by atoms with van der Waals surface area (Å²) in [7, 11) is 0. The van der Waals surface area contributed by atoms with Crippen molar-refractivity contribution >= 4 is 0 Å². The molecule has 1 heterocycles. The van der Waals surface area contributed by atoms with Gasteiger partial charge in [-0.1, -0.05) is 30.3 Å². The van der Waals surface area contributed by atoms with E-state index >= 15 is 0 Å². The smallest absolute Gasteiger partial charge is 0.416 e. The molecule has 1 aliphatic heterocycles. The van der Waals surface area contributed by atoms with Gasteiger partial charge in [0.25, 0.3) is 0 Å². The van der Waals surface area contributed by atoms with Crippen molar-refractivity contribution in [3.05, 3.63) is 65.2 Å². The maximum absolute atomic E-state index is 13.6. The largest absolute Gasteiger partial charge is 0.494 e. The molecule has 0 amide bonds. The molecule has 0 aliphatic carbocycles. The fourth-order valence-electron chi connectivity index (χ4n) is 3.43. The molecule has 1 aliphatic rings. The third kappa shape index (κ3) is 4.19. The quantitative estimate of drug-likeness (QED) is 0.865. The third-order valence-corrected chi connectivity index (χ3v) is 4.58. The first-order valence-corrected chi connectivity index (χ1v) is 8.84. The summed E-state index contributed by atoms with van der Waals surface area (Å²) in [5.41, 5.74) is 0.565. The second-order valence-electron chi connectivity index (χ2n) is 6.28. The number of rotatable bonds is 5. The van der Waals surface area contributed by atoms with Crippen LogP contribution < -0.4 is 10.1 Å². The number of ether oxygens (including phenoxy) is 1. The van der Waals surface area contributed by atoms with Crippen LogP contribution in [0.1, 0.15) is 29.7 Å². The highest BCUT2D eigenvalue weighted by Crippen LogP contribution is 2.39. The predicted molar refractivity (Wildman–Crippen MR) is 95.3 cm³/mol. The van der Waals surface area contributed by atoms with Crippen molar-refractivity contribution in [3.8, 4) is 5.75 Å². The summed E-state index contributed by atoms with van der Waals surface area (Å²) in [4.78, 5) is 2.11. The second kappa shape index (κ2) is 8.10. The summed E-state index contributed by atoms with van der Waals surface area (Å²) < 4.78 is 46.3. The van der Waals surface area contributed by atoms with E-state index in [2.05, 4.69) is 10.2 Å². The van der Waals surface area contributed by atoms with Crippen molar-refractivity contribution in [1.82, 2.24) is 10.2 Å². The molecular weight excluding hydrogens is 341 g/mol. The molecule has 0 spiro atoms. The van der Waals surface area contributed by atoms with Crippen LogP contribution in [0, 0.1) is 0 Å². The molecular formula is C20H23F3N2O. The minimum absolute atomic E-state index is 0.297. The number of hydrogen-bond acceptors (Lipinski definition) is 3. The van der Waals surface area contributed by atoms with E-state index in [1.54, 1.807) is 12.1 Å². The Bertz CT molecular complexity index is 710. The van der Waals surface area contributed by atoms with Crippen LogP contribution >= 0.6 is 0 Å². The van der Waals surface area contributed by atoms with Gasteiger partial charge >= 0.3 is 6.18 Å². The number of piperazine rings is 1. The Labute approximate surface area is 151 Å². The molecule has 0 aromatic heterocycles. The van der Waals surface area contributed by atoms with Gasteiger partial charge in [-0.15, -0.1) is 0 Å². The molecule has 6 heteroatoms. The molecule has 1 fully saturated rings. The van der Waals surface area contributed by atoms with Crippen LogP contribution in [0.4, 0.5) is 13.2 Å². The molecule has 1 atom stereocenters. The number of nitrogens with one attached hydrogen (secondary N) is 1. The lowest BCUT2D eigenvalue weighted by molar-refractivity contribution is -0.138. The summed E-state index contributed by atoms with van der Waals surface area (Å²) in [6.07, 6.45) is -4.38. The van der Waals surface area contributed by atoms with E-state index in [9.17, 15) is 13.2 Å². The zero-order chi connectivity index (χ0) is 18.6. The van der Waals surface area contributed by atoms with Gasteiger partial charge in [0, 0.05) is 26.2 Å². The van der Waals surface area contributed by atoms with Crippen molar-refractivity contribution in [2.24, 2.45) is 0 Å². The Kier molecular flexibility index (Phi) is 5.84. The van der Waals surface area contributed by atoms with Crippen LogP contribution in [0.15, 0.2) is 48.5 Å². The van der Waals surface area contributed by atoms with Crippen LogP contribution in [0.5, 0.6) is 5.75 Å². The standard InChI is InChI=1S/C20H23F3N2O/c1-2-26-16-9-7-15(8-10-16)19(25-13-11-24-12-14-25)17-5-3-4-6-18(17)20(21,22)23/h3-10,19,24H,2,11-14H2,1H3. The molecule has 0 radical (unpaired) electrons. The molecule has 1 unspecified atom stereocenters. The molecule has 2 aromatic rings.